The molecule has 148 valence electrons. The molecule has 0 saturated carbocycles. The molecular formula is C21H25ClN4O2. The molecule has 6 nitrogen and oxygen atoms in total. The average molecular weight is 401 g/mol. The Morgan fingerprint density at radius 2 is 2.04 bits per heavy atom. The molecule has 0 saturated heterocycles. The quantitative estimate of drug-likeness (QED) is 0.605. The average Bonchev–Trinajstić information content (AvgIpc) is 3.01. The van der Waals surface area contributed by atoms with E-state index in [1.54, 1.807) is 24.1 Å². The summed E-state index contributed by atoms with van der Waals surface area (Å²) in [6.07, 6.45) is 1.06. The number of aromatic nitrogens is 3. The van der Waals surface area contributed by atoms with Gasteiger partial charge in [0.25, 0.3) is 0 Å². The van der Waals surface area contributed by atoms with E-state index in [4.69, 9.17) is 16.3 Å². The van der Waals surface area contributed by atoms with Gasteiger partial charge in [-0.15, -0.1) is 0 Å². The summed E-state index contributed by atoms with van der Waals surface area (Å²) in [7, 11) is 1.79. The largest absolute Gasteiger partial charge is 0.492 e. The van der Waals surface area contributed by atoms with Crippen LogP contribution in [0.25, 0.3) is 5.65 Å². The van der Waals surface area contributed by atoms with Gasteiger partial charge in [0.15, 0.2) is 5.65 Å². The Hall–Kier alpha value is -2.60. The molecule has 0 aliphatic heterocycles. The Bertz CT molecular complexity index is 999. The summed E-state index contributed by atoms with van der Waals surface area (Å²) in [5.74, 6) is 0.777. The van der Waals surface area contributed by atoms with E-state index in [1.807, 2.05) is 43.5 Å². The van der Waals surface area contributed by atoms with Crippen LogP contribution in [0, 0.1) is 20.8 Å². The fourth-order valence-corrected chi connectivity index (χ4v) is 3.39. The van der Waals surface area contributed by atoms with Crippen molar-refractivity contribution in [1.82, 2.24) is 19.5 Å². The summed E-state index contributed by atoms with van der Waals surface area (Å²) in [6, 6.07) is 9.20. The van der Waals surface area contributed by atoms with E-state index in [0.29, 0.717) is 36.8 Å². The number of carbonyl (C=O) groups is 1. The molecule has 0 aliphatic rings. The number of nitrogens with zero attached hydrogens (tertiary/aromatic N) is 4. The second kappa shape index (κ2) is 8.61. The summed E-state index contributed by atoms with van der Waals surface area (Å²) >= 11 is 5.94. The minimum atomic E-state index is 0.0743. The summed E-state index contributed by atoms with van der Waals surface area (Å²) in [5, 5.41) is 5.12. The Morgan fingerprint density at radius 1 is 1.25 bits per heavy atom. The number of hydrogen-bond acceptors (Lipinski definition) is 4. The highest BCUT2D eigenvalue weighted by Gasteiger charge is 2.14. The number of likely N-dealkylation sites (N-methyl/N-ethyl adjacent to an activating group) is 1. The number of halogens is 1. The SMILES string of the molecule is Cc1cc2nc(C)c(CCC(=O)N(C)CCOc3cccc(Cl)c3)c(C)n2n1. The second-order valence-corrected chi connectivity index (χ2v) is 7.37. The first-order valence-electron chi connectivity index (χ1n) is 9.30. The lowest BCUT2D eigenvalue weighted by Crippen LogP contribution is -2.31. The molecule has 0 radical (unpaired) electrons. The van der Waals surface area contributed by atoms with Gasteiger partial charge in [0.05, 0.1) is 12.2 Å². The van der Waals surface area contributed by atoms with Crippen LogP contribution in [0.3, 0.4) is 0 Å². The van der Waals surface area contributed by atoms with E-state index in [2.05, 4.69) is 10.1 Å². The standard InChI is InChI=1S/C21H25ClN4O2/c1-14-12-20-23-15(2)19(16(3)26(20)24-14)8-9-21(27)25(4)10-11-28-18-7-5-6-17(22)13-18/h5-7,12-13H,8-11H2,1-4H3. The monoisotopic (exact) mass is 400 g/mol. The van der Waals surface area contributed by atoms with Crippen LogP contribution in [0.15, 0.2) is 30.3 Å². The number of benzene rings is 1. The van der Waals surface area contributed by atoms with Crippen molar-refractivity contribution in [3.05, 3.63) is 58.0 Å². The molecule has 1 amide bonds. The minimum Gasteiger partial charge on any atom is -0.492 e. The van der Waals surface area contributed by atoms with Gasteiger partial charge < -0.3 is 9.64 Å². The highest BCUT2D eigenvalue weighted by atomic mass is 35.5. The summed E-state index contributed by atoms with van der Waals surface area (Å²) in [6.45, 7) is 6.89. The molecule has 1 aromatic carbocycles. The van der Waals surface area contributed by atoms with Crippen LogP contribution in [0.2, 0.25) is 5.02 Å². The normalized spacial score (nSPS) is 11.0. The lowest BCUT2D eigenvalue weighted by Gasteiger charge is -2.18. The van der Waals surface area contributed by atoms with Crippen molar-refractivity contribution in [2.45, 2.75) is 33.6 Å². The summed E-state index contributed by atoms with van der Waals surface area (Å²) in [4.78, 5) is 18.8. The Kier molecular flexibility index (Phi) is 6.19. The fraction of sp³-hybridized carbons (Fsp3) is 0.381. The van der Waals surface area contributed by atoms with Crippen molar-refractivity contribution in [3.8, 4) is 5.75 Å². The first-order chi connectivity index (χ1) is 13.3. The molecule has 0 fully saturated rings. The zero-order valence-corrected chi connectivity index (χ0v) is 17.5. The van der Waals surface area contributed by atoms with E-state index in [9.17, 15) is 4.79 Å². The Morgan fingerprint density at radius 3 is 2.79 bits per heavy atom. The van der Waals surface area contributed by atoms with Crippen LogP contribution in [0.4, 0.5) is 0 Å². The highest BCUT2D eigenvalue weighted by molar-refractivity contribution is 6.30. The molecule has 7 heteroatoms. The number of aryl methyl sites for hydroxylation is 3. The predicted octanol–water partition coefficient (Wildman–Crippen LogP) is 3.78. The van der Waals surface area contributed by atoms with Crippen LogP contribution >= 0.6 is 11.6 Å². The molecule has 0 aliphatic carbocycles. The third-order valence-electron chi connectivity index (χ3n) is 4.79. The predicted molar refractivity (Wildman–Crippen MR) is 110 cm³/mol. The lowest BCUT2D eigenvalue weighted by molar-refractivity contribution is -0.130. The number of rotatable bonds is 7. The first kappa shape index (κ1) is 20.1. The molecule has 0 unspecified atom stereocenters. The molecule has 0 atom stereocenters. The molecule has 2 heterocycles. The highest BCUT2D eigenvalue weighted by Crippen LogP contribution is 2.18. The molecular weight excluding hydrogens is 376 g/mol. The van der Waals surface area contributed by atoms with Crippen LogP contribution in [0.1, 0.15) is 29.1 Å². The smallest absolute Gasteiger partial charge is 0.222 e. The maximum Gasteiger partial charge on any atom is 0.222 e. The van der Waals surface area contributed by atoms with Crippen molar-refractivity contribution in [3.63, 3.8) is 0 Å². The van der Waals surface area contributed by atoms with Crippen molar-refractivity contribution in [2.75, 3.05) is 20.2 Å². The van der Waals surface area contributed by atoms with Gasteiger partial charge in [0.2, 0.25) is 5.91 Å². The van der Waals surface area contributed by atoms with Gasteiger partial charge in [-0.25, -0.2) is 9.50 Å². The van der Waals surface area contributed by atoms with Gasteiger partial charge in [0, 0.05) is 35.9 Å². The molecule has 0 spiro atoms. The van der Waals surface area contributed by atoms with Crippen LogP contribution < -0.4 is 4.74 Å². The zero-order chi connectivity index (χ0) is 20.3. The Balaban J connectivity index is 1.55. The van der Waals surface area contributed by atoms with Crippen LogP contribution in [-0.2, 0) is 11.2 Å². The maximum atomic E-state index is 12.5. The van der Waals surface area contributed by atoms with Crippen LogP contribution in [0.5, 0.6) is 5.75 Å². The van der Waals surface area contributed by atoms with Gasteiger partial charge >= 0.3 is 0 Å². The van der Waals surface area contributed by atoms with Gasteiger partial charge in [-0.05, 0) is 51.0 Å². The number of fused-ring (bicyclic) bond motifs is 1. The molecule has 2 aromatic heterocycles. The van der Waals surface area contributed by atoms with Gasteiger partial charge in [-0.1, -0.05) is 17.7 Å². The third-order valence-corrected chi connectivity index (χ3v) is 5.03. The van der Waals surface area contributed by atoms with Crippen molar-refractivity contribution in [1.29, 1.82) is 0 Å². The zero-order valence-electron chi connectivity index (χ0n) is 16.7. The molecule has 3 aromatic rings. The first-order valence-corrected chi connectivity index (χ1v) is 9.67. The molecule has 28 heavy (non-hydrogen) atoms. The van der Waals surface area contributed by atoms with Crippen LogP contribution in [-0.4, -0.2) is 45.6 Å². The number of ether oxygens (including phenoxy) is 1. The lowest BCUT2D eigenvalue weighted by atomic mass is 10.1. The fourth-order valence-electron chi connectivity index (χ4n) is 3.21. The summed E-state index contributed by atoms with van der Waals surface area (Å²) in [5.41, 5.74) is 4.84. The topological polar surface area (TPSA) is 59.7 Å². The van der Waals surface area contributed by atoms with Gasteiger partial charge in [-0.3, -0.25) is 4.79 Å². The van der Waals surface area contributed by atoms with E-state index in [1.165, 1.54) is 0 Å². The maximum absolute atomic E-state index is 12.5. The van der Waals surface area contributed by atoms with E-state index >= 15 is 0 Å². The van der Waals surface area contributed by atoms with Crippen molar-refractivity contribution < 1.29 is 9.53 Å². The number of hydrogen-bond donors (Lipinski definition) is 0. The minimum absolute atomic E-state index is 0.0743. The van der Waals surface area contributed by atoms with Gasteiger partial charge in [0.1, 0.15) is 12.4 Å². The summed E-state index contributed by atoms with van der Waals surface area (Å²) < 4.78 is 7.51. The van der Waals surface area contributed by atoms with Crippen molar-refractivity contribution in [2.24, 2.45) is 0 Å². The molecule has 3 rings (SSSR count). The number of carbonyl (C=O) groups excluding carboxylic acids is 1. The third kappa shape index (κ3) is 4.62. The molecule has 0 bridgehead atoms. The van der Waals surface area contributed by atoms with E-state index in [-0.39, 0.29) is 5.91 Å². The number of amides is 1. The second-order valence-electron chi connectivity index (χ2n) is 6.94. The van der Waals surface area contributed by atoms with Crippen molar-refractivity contribution >= 4 is 23.2 Å². The van der Waals surface area contributed by atoms with E-state index in [0.717, 1.165) is 28.3 Å². The van der Waals surface area contributed by atoms with Gasteiger partial charge in [-0.2, -0.15) is 5.10 Å². The molecule has 0 N–H and O–H groups in total. The van der Waals surface area contributed by atoms with E-state index < -0.39 is 0 Å². The Labute approximate surface area is 170 Å².